The molecule has 1 aromatic heterocycles. The van der Waals surface area contributed by atoms with E-state index >= 15 is 0 Å². The Labute approximate surface area is 204 Å². The van der Waals surface area contributed by atoms with Crippen LogP contribution in [0.25, 0.3) is 0 Å². The number of thiophene rings is 1. The molecule has 1 aliphatic rings. The molecule has 0 aliphatic heterocycles. The van der Waals surface area contributed by atoms with Crippen LogP contribution in [0.3, 0.4) is 0 Å². The number of carbonyl (C=O) groups excluding carboxylic acids is 2. The van der Waals surface area contributed by atoms with Crippen molar-refractivity contribution in [2.24, 2.45) is 11.3 Å². The van der Waals surface area contributed by atoms with Gasteiger partial charge in [-0.05, 0) is 79.5 Å². The van der Waals surface area contributed by atoms with Gasteiger partial charge in [0.05, 0.1) is 5.56 Å². The first-order chi connectivity index (χ1) is 15.6. The highest BCUT2D eigenvalue weighted by Crippen LogP contribution is 2.44. The maximum Gasteiger partial charge on any atom is 0.258 e. The lowest BCUT2D eigenvalue weighted by Crippen LogP contribution is -2.27. The summed E-state index contributed by atoms with van der Waals surface area (Å²) in [6.07, 6.45) is 2.78. The molecule has 1 heterocycles. The molecule has 0 radical (unpaired) electrons. The van der Waals surface area contributed by atoms with Gasteiger partial charge in [0.15, 0.2) is 0 Å². The van der Waals surface area contributed by atoms with Gasteiger partial charge >= 0.3 is 0 Å². The third-order valence-corrected chi connectivity index (χ3v) is 7.78. The second kappa shape index (κ2) is 9.32. The quantitative estimate of drug-likeness (QED) is 0.409. The Kier molecular flexibility index (Phi) is 6.64. The van der Waals surface area contributed by atoms with Crippen LogP contribution in [0.15, 0.2) is 48.5 Å². The van der Waals surface area contributed by atoms with Crippen LogP contribution >= 0.6 is 22.9 Å². The van der Waals surface area contributed by atoms with Crippen LogP contribution in [0.2, 0.25) is 5.02 Å². The Morgan fingerprint density at radius 1 is 0.970 bits per heavy atom. The number of amides is 2. The molecule has 0 bridgehead atoms. The molecule has 33 heavy (non-hydrogen) atoms. The Bertz CT molecular complexity index is 1170. The lowest BCUT2D eigenvalue weighted by atomic mass is 9.72. The van der Waals surface area contributed by atoms with Gasteiger partial charge in [0.2, 0.25) is 0 Å². The molecule has 2 N–H and O–H groups in total. The maximum atomic E-state index is 13.4. The zero-order chi connectivity index (χ0) is 23.8. The molecular weight excluding hydrogens is 452 g/mol. The number of anilines is 2. The standard InChI is InChI=1S/C27H29ClN2O2S/c1-16-5-7-17(8-6-16)24(31)30-26-23(25(32)29-20-12-10-19(28)11-13-20)21-14-9-18(27(2,3)4)15-22(21)33-26/h5-8,10-13,18H,9,14-15H2,1-4H3,(H,29,32)(H,30,31)/t18-/m0/s1. The van der Waals surface area contributed by atoms with Gasteiger partial charge in [0.25, 0.3) is 11.8 Å². The highest BCUT2D eigenvalue weighted by atomic mass is 35.5. The predicted molar refractivity (Wildman–Crippen MR) is 138 cm³/mol. The summed E-state index contributed by atoms with van der Waals surface area (Å²) in [5, 5.41) is 7.24. The monoisotopic (exact) mass is 480 g/mol. The van der Waals surface area contributed by atoms with Crippen LogP contribution in [0, 0.1) is 18.3 Å². The van der Waals surface area contributed by atoms with Crippen molar-refractivity contribution in [3.05, 3.63) is 80.7 Å². The SMILES string of the molecule is Cc1ccc(C(=O)Nc2sc3c(c2C(=O)Nc2ccc(Cl)cc2)CC[C@H](C(C)(C)C)C3)cc1. The molecule has 4 rings (SSSR count). The number of nitrogens with one attached hydrogen (secondary N) is 2. The topological polar surface area (TPSA) is 58.2 Å². The summed E-state index contributed by atoms with van der Waals surface area (Å²) in [4.78, 5) is 27.6. The Morgan fingerprint density at radius 2 is 1.64 bits per heavy atom. The first kappa shape index (κ1) is 23.5. The van der Waals surface area contributed by atoms with E-state index in [1.165, 1.54) is 16.2 Å². The summed E-state index contributed by atoms with van der Waals surface area (Å²) >= 11 is 7.52. The van der Waals surface area contributed by atoms with Crippen molar-refractivity contribution in [2.75, 3.05) is 10.6 Å². The Hall–Kier alpha value is -2.63. The van der Waals surface area contributed by atoms with E-state index in [1.54, 1.807) is 36.4 Å². The van der Waals surface area contributed by atoms with Crippen molar-refractivity contribution in [1.82, 2.24) is 0 Å². The van der Waals surface area contributed by atoms with E-state index in [-0.39, 0.29) is 17.2 Å². The van der Waals surface area contributed by atoms with Gasteiger partial charge in [-0.3, -0.25) is 9.59 Å². The average Bonchev–Trinajstić information content (AvgIpc) is 3.12. The van der Waals surface area contributed by atoms with Gasteiger partial charge in [-0.15, -0.1) is 11.3 Å². The number of hydrogen-bond donors (Lipinski definition) is 2. The lowest BCUT2D eigenvalue weighted by Gasteiger charge is -2.33. The third kappa shape index (κ3) is 5.31. The molecular formula is C27H29ClN2O2S. The molecule has 0 fully saturated rings. The fourth-order valence-electron chi connectivity index (χ4n) is 4.26. The molecule has 3 aromatic rings. The van der Waals surface area contributed by atoms with E-state index in [1.807, 2.05) is 19.1 Å². The molecule has 1 aliphatic carbocycles. The second-order valence-corrected chi connectivity index (χ2v) is 11.3. The fourth-order valence-corrected chi connectivity index (χ4v) is 5.71. The van der Waals surface area contributed by atoms with Crippen LogP contribution in [0.4, 0.5) is 10.7 Å². The smallest absolute Gasteiger partial charge is 0.258 e. The second-order valence-electron chi connectivity index (χ2n) is 9.79. The summed E-state index contributed by atoms with van der Waals surface area (Å²) in [5.74, 6) is 0.126. The molecule has 0 unspecified atom stereocenters. The lowest BCUT2D eigenvalue weighted by molar-refractivity contribution is 0.102. The average molecular weight is 481 g/mol. The van der Waals surface area contributed by atoms with Gasteiger partial charge in [-0.25, -0.2) is 0 Å². The highest BCUT2D eigenvalue weighted by Gasteiger charge is 2.34. The summed E-state index contributed by atoms with van der Waals surface area (Å²) < 4.78 is 0. The summed E-state index contributed by atoms with van der Waals surface area (Å²) in [7, 11) is 0. The van der Waals surface area contributed by atoms with Crippen LogP contribution in [-0.4, -0.2) is 11.8 Å². The van der Waals surface area contributed by atoms with Gasteiger partial charge in [0, 0.05) is 21.2 Å². The van der Waals surface area contributed by atoms with Crippen LogP contribution in [0.1, 0.15) is 63.9 Å². The van der Waals surface area contributed by atoms with Crippen molar-refractivity contribution in [2.45, 2.75) is 47.0 Å². The van der Waals surface area contributed by atoms with Crippen molar-refractivity contribution in [3.63, 3.8) is 0 Å². The number of fused-ring (bicyclic) bond motifs is 1. The van der Waals surface area contributed by atoms with E-state index in [4.69, 9.17) is 11.6 Å². The molecule has 172 valence electrons. The Balaban J connectivity index is 1.67. The predicted octanol–water partition coefficient (Wildman–Crippen LogP) is 7.37. The van der Waals surface area contributed by atoms with Crippen molar-refractivity contribution < 1.29 is 9.59 Å². The van der Waals surface area contributed by atoms with Gasteiger partial charge in [-0.1, -0.05) is 50.1 Å². The Morgan fingerprint density at radius 3 is 2.27 bits per heavy atom. The molecule has 6 heteroatoms. The molecule has 0 saturated carbocycles. The number of hydrogen-bond acceptors (Lipinski definition) is 3. The summed E-state index contributed by atoms with van der Waals surface area (Å²) in [6, 6.07) is 14.5. The molecule has 0 spiro atoms. The van der Waals surface area contributed by atoms with Gasteiger partial charge in [-0.2, -0.15) is 0 Å². The molecule has 2 aromatic carbocycles. The zero-order valence-corrected chi connectivity index (χ0v) is 21.0. The molecule has 4 nitrogen and oxygen atoms in total. The maximum absolute atomic E-state index is 13.4. The summed E-state index contributed by atoms with van der Waals surface area (Å²) in [6.45, 7) is 8.79. The minimum atomic E-state index is -0.207. The van der Waals surface area contributed by atoms with Crippen LogP contribution < -0.4 is 10.6 Å². The molecule has 0 saturated heterocycles. The van der Waals surface area contributed by atoms with E-state index in [9.17, 15) is 9.59 Å². The van der Waals surface area contributed by atoms with Crippen LogP contribution in [-0.2, 0) is 12.8 Å². The normalized spacial score (nSPS) is 15.6. The number of aryl methyl sites for hydroxylation is 1. The van der Waals surface area contributed by atoms with E-state index < -0.39 is 0 Å². The molecule has 2 amide bonds. The van der Waals surface area contributed by atoms with Crippen molar-refractivity contribution in [3.8, 4) is 0 Å². The number of halogens is 1. The molecule has 1 atom stereocenters. The van der Waals surface area contributed by atoms with E-state index in [0.717, 1.165) is 30.4 Å². The highest BCUT2D eigenvalue weighted by molar-refractivity contribution is 7.17. The van der Waals surface area contributed by atoms with Crippen LogP contribution in [0.5, 0.6) is 0 Å². The first-order valence-electron chi connectivity index (χ1n) is 11.2. The van der Waals surface area contributed by atoms with E-state index in [2.05, 4.69) is 31.4 Å². The number of carbonyl (C=O) groups is 2. The third-order valence-electron chi connectivity index (χ3n) is 6.36. The zero-order valence-electron chi connectivity index (χ0n) is 19.4. The van der Waals surface area contributed by atoms with Crippen molar-refractivity contribution in [1.29, 1.82) is 0 Å². The van der Waals surface area contributed by atoms with E-state index in [0.29, 0.717) is 32.8 Å². The van der Waals surface area contributed by atoms with Gasteiger partial charge in [0.1, 0.15) is 5.00 Å². The van der Waals surface area contributed by atoms with Crippen molar-refractivity contribution >= 4 is 45.4 Å². The van der Waals surface area contributed by atoms with Gasteiger partial charge < -0.3 is 10.6 Å². The minimum Gasteiger partial charge on any atom is -0.322 e. The summed E-state index contributed by atoms with van der Waals surface area (Å²) in [5.41, 5.74) is 4.17. The number of rotatable bonds is 4. The minimum absolute atomic E-state index is 0.193. The first-order valence-corrected chi connectivity index (χ1v) is 12.4. The number of benzene rings is 2. The largest absolute Gasteiger partial charge is 0.322 e. The fraction of sp³-hybridized carbons (Fsp3) is 0.333.